The second-order valence-electron chi connectivity index (χ2n) is 12.6. The normalized spacial score (nSPS) is 17.7. The van der Waals surface area contributed by atoms with Gasteiger partial charge in [0.2, 0.25) is 0 Å². The minimum atomic E-state index is -0.775. The van der Waals surface area contributed by atoms with Crippen molar-refractivity contribution in [2.75, 3.05) is 13.7 Å². The highest BCUT2D eigenvalue weighted by Gasteiger charge is 2.32. The standard InChI is InChI=1S/C39H40F2N6O3.H2/c1-4-49-35(48)14-11-24-8-7-9-25(18-24)39(2)16-6-5-10-26-22-46-27(23-45-26)19-30-29-15-17-44-34(29)21-33(41)36(30)50-28-12-13-32(40)31(20-28)37(43-3)47-38(39)42;/h7-9,12-13,15,17-18,20-23,44H,4-6,10-11,14,16,19H2,1-3H3,(H2,42,43,47);1H. The molecule has 5 aromatic rings. The number of esters is 1. The first kappa shape index (κ1) is 34.4. The van der Waals surface area contributed by atoms with Crippen LogP contribution >= 0.6 is 0 Å². The molecule has 260 valence electrons. The van der Waals surface area contributed by atoms with Crippen LogP contribution in [0.5, 0.6) is 11.5 Å². The minimum absolute atomic E-state index is 0. The number of halogens is 2. The number of aryl methyl sites for hydroxylation is 2. The van der Waals surface area contributed by atoms with Crippen molar-refractivity contribution in [3.05, 3.63) is 118 Å². The number of ether oxygens (including phenoxy) is 2. The Bertz CT molecular complexity index is 2080. The summed E-state index contributed by atoms with van der Waals surface area (Å²) in [5.41, 5.74) is 10.7. The Hall–Kier alpha value is -5.45. The maximum absolute atomic E-state index is 15.7. The third-order valence-electron chi connectivity index (χ3n) is 9.23. The number of rotatable bonds is 5. The Morgan fingerprint density at radius 2 is 1.90 bits per heavy atom. The second-order valence-corrected chi connectivity index (χ2v) is 12.6. The number of aliphatic imine (C=N–C) groups is 2. The molecule has 9 nitrogen and oxygen atoms in total. The Balaban J connectivity index is 0.00000504. The SMILES string of the molecule is CCOC(=O)CCc1cccc(C2(C)CCCCc3cnc(cn3)Cc3c(c(F)cc4[nH]ccc34)Oc3ccc(F)c(c3)C(=NC)N=C2N)c1.[HH]. The van der Waals surface area contributed by atoms with Crippen molar-refractivity contribution < 1.29 is 24.5 Å². The molecule has 50 heavy (non-hydrogen) atoms. The molecule has 11 heteroatoms. The third-order valence-corrected chi connectivity index (χ3v) is 9.23. The molecule has 2 aromatic heterocycles. The maximum Gasteiger partial charge on any atom is 0.306 e. The number of benzene rings is 3. The van der Waals surface area contributed by atoms with E-state index in [0.717, 1.165) is 35.0 Å². The Morgan fingerprint density at radius 3 is 2.68 bits per heavy atom. The molecule has 0 aliphatic carbocycles. The summed E-state index contributed by atoms with van der Waals surface area (Å²) in [7, 11) is 1.52. The van der Waals surface area contributed by atoms with Crippen molar-refractivity contribution >= 4 is 28.5 Å². The molecule has 1 unspecified atom stereocenters. The van der Waals surface area contributed by atoms with Gasteiger partial charge in [0.15, 0.2) is 17.4 Å². The highest BCUT2D eigenvalue weighted by molar-refractivity contribution is 6.09. The van der Waals surface area contributed by atoms with E-state index >= 15 is 8.78 Å². The number of nitrogens with two attached hydrogens (primary N) is 1. The summed E-state index contributed by atoms with van der Waals surface area (Å²) in [6, 6.07) is 15.3. The molecule has 0 amide bonds. The van der Waals surface area contributed by atoms with Gasteiger partial charge in [-0.15, -0.1) is 0 Å². The maximum atomic E-state index is 15.7. The van der Waals surface area contributed by atoms with Crippen molar-refractivity contribution in [3.63, 3.8) is 0 Å². The van der Waals surface area contributed by atoms with E-state index in [1.54, 1.807) is 25.5 Å². The number of hydrogen-bond donors (Lipinski definition) is 2. The first-order valence-electron chi connectivity index (χ1n) is 16.8. The summed E-state index contributed by atoms with van der Waals surface area (Å²) in [6.45, 7) is 4.13. The lowest BCUT2D eigenvalue weighted by atomic mass is 9.76. The van der Waals surface area contributed by atoms with Crippen molar-refractivity contribution in [2.45, 2.75) is 64.2 Å². The van der Waals surface area contributed by atoms with Gasteiger partial charge in [-0.3, -0.25) is 19.8 Å². The zero-order valence-electron chi connectivity index (χ0n) is 28.4. The fraction of sp³-hybridized carbons (Fsp3) is 0.308. The highest BCUT2D eigenvalue weighted by atomic mass is 19.1. The lowest BCUT2D eigenvalue weighted by Gasteiger charge is -2.30. The largest absolute Gasteiger partial charge is 0.466 e. The molecule has 4 bridgehead atoms. The van der Waals surface area contributed by atoms with Crippen LogP contribution in [-0.4, -0.2) is 46.2 Å². The summed E-state index contributed by atoms with van der Waals surface area (Å²) >= 11 is 0. The van der Waals surface area contributed by atoms with Crippen LogP contribution in [0.1, 0.15) is 74.6 Å². The van der Waals surface area contributed by atoms with Gasteiger partial charge in [-0.25, -0.2) is 13.8 Å². The van der Waals surface area contributed by atoms with E-state index in [4.69, 9.17) is 20.2 Å². The van der Waals surface area contributed by atoms with Crippen molar-refractivity contribution in [1.82, 2.24) is 15.0 Å². The summed E-state index contributed by atoms with van der Waals surface area (Å²) in [4.78, 5) is 33.6. The molecule has 0 radical (unpaired) electrons. The van der Waals surface area contributed by atoms with Crippen LogP contribution in [0.3, 0.4) is 0 Å². The predicted molar refractivity (Wildman–Crippen MR) is 192 cm³/mol. The van der Waals surface area contributed by atoms with Gasteiger partial charge in [0.05, 0.1) is 23.6 Å². The third kappa shape index (κ3) is 7.41. The van der Waals surface area contributed by atoms with Crippen molar-refractivity contribution in [3.8, 4) is 11.5 Å². The summed E-state index contributed by atoms with van der Waals surface area (Å²) in [6.07, 6.45) is 9.14. The van der Waals surface area contributed by atoms with E-state index in [2.05, 4.69) is 19.9 Å². The number of nitrogens with one attached hydrogen (secondary N) is 1. The van der Waals surface area contributed by atoms with Crippen LogP contribution in [0.2, 0.25) is 0 Å². The highest BCUT2D eigenvalue weighted by Crippen LogP contribution is 2.37. The molecule has 3 aromatic carbocycles. The van der Waals surface area contributed by atoms with E-state index < -0.39 is 17.0 Å². The van der Waals surface area contributed by atoms with Crippen LogP contribution in [0.15, 0.2) is 83.2 Å². The Morgan fingerprint density at radius 1 is 1.08 bits per heavy atom. The molecule has 0 fully saturated rings. The van der Waals surface area contributed by atoms with E-state index in [-0.39, 0.29) is 49.0 Å². The van der Waals surface area contributed by atoms with Gasteiger partial charge in [-0.05, 0) is 74.9 Å². The van der Waals surface area contributed by atoms with E-state index in [0.29, 0.717) is 42.6 Å². The fourth-order valence-electron chi connectivity index (χ4n) is 6.37. The molecule has 2 aliphatic rings. The number of H-pyrrole nitrogens is 1. The molecule has 0 saturated heterocycles. The number of hydrogen-bond acceptors (Lipinski definition) is 7. The lowest BCUT2D eigenvalue weighted by Crippen LogP contribution is -2.39. The molecule has 7 rings (SSSR count). The lowest BCUT2D eigenvalue weighted by molar-refractivity contribution is -0.143. The topological polar surface area (TPSA) is 128 Å². The molecular formula is C39H42F2N6O3. The Kier molecular flexibility index (Phi) is 10.3. The number of fused-ring (bicyclic) bond motifs is 9. The number of carbonyl (C=O) groups is 1. The molecule has 4 heterocycles. The van der Waals surface area contributed by atoms with Crippen molar-refractivity contribution in [2.24, 2.45) is 15.7 Å². The summed E-state index contributed by atoms with van der Waals surface area (Å²) < 4.78 is 42.5. The van der Waals surface area contributed by atoms with Gasteiger partial charge in [0.1, 0.15) is 17.4 Å². The Labute approximate surface area is 291 Å². The summed E-state index contributed by atoms with van der Waals surface area (Å²) in [5.74, 6) is -0.896. The number of carbonyl (C=O) groups excluding carboxylic acids is 1. The van der Waals surface area contributed by atoms with E-state index in [1.165, 1.54) is 31.3 Å². The fourth-order valence-corrected chi connectivity index (χ4v) is 6.37. The average Bonchev–Trinajstić information content (AvgIpc) is 3.59. The van der Waals surface area contributed by atoms with Crippen LogP contribution in [0.4, 0.5) is 8.78 Å². The number of nitrogens with zero attached hydrogens (tertiary/aromatic N) is 4. The van der Waals surface area contributed by atoms with Crippen molar-refractivity contribution in [1.29, 1.82) is 0 Å². The minimum Gasteiger partial charge on any atom is -0.466 e. The molecule has 1 atom stereocenters. The van der Waals surface area contributed by atoms with Crippen LogP contribution in [-0.2, 0) is 34.2 Å². The van der Waals surface area contributed by atoms with Gasteiger partial charge in [-0.1, -0.05) is 30.7 Å². The monoisotopic (exact) mass is 680 g/mol. The first-order valence-corrected chi connectivity index (χ1v) is 16.8. The number of aromatic amines is 1. The van der Waals surface area contributed by atoms with Crippen LogP contribution < -0.4 is 10.5 Å². The molecule has 0 spiro atoms. The quantitative estimate of drug-likeness (QED) is 0.183. The van der Waals surface area contributed by atoms with Gasteiger partial charge < -0.3 is 20.2 Å². The zero-order chi connectivity index (χ0) is 35.3. The molecule has 3 N–H and O–H groups in total. The average molecular weight is 681 g/mol. The van der Waals surface area contributed by atoms with Gasteiger partial charge in [0.25, 0.3) is 0 Å². The van der Waals surface area contributed by atoms with Gasteiger partial charge >= 0.3 is 5.97 Å². The van der Waals surface area contributed by atoms with Crippen LogP contribution in [0.25, 0.3) is 10.9 Å². The first-order chi connectivity index (χ1) is 24.2. The van der Waals surface area contributed by atoms with Gasteiger partial charge in [0, 0.05) is 67.9 Å². The van der Waals surface area contributed by atoms with Gasteiger partial charge in [-0.2, -0.15) is 0 Å². The second kappa shape index (κ2) is 15.0. The summed E-state index contributed by atoms with van der Waals surface area (Å²) in [5, 5.41) is 0.776. The van der Waals surface area contributed by atoms with Crippen LogP contribution in [0, 0.1) is 11.6 Å². The molecule has 2 aliphatic heterocycles. The molecular weight excluding hydrogens is 638 g/mol. The molecule has 0 saturated carbocycles. The van der Waals surface area contributed by atoms with E-state index in [1.807, 2.05) is 37.3 Å². The predicted octanol–water partition coefficient (Wildman–Crippen LogP) is 7.78. The zero-order valence-corrected chi connectivity index (χ0v) is 28.4. The number of amidine groups is 2. The number of aromatic nitrogens is 3. The smallest absolute Gasteiger partial charge is 0.306 e. The van der Waals surface area contributed by atoms with E-state index in [9.17, 15) is 4.79 Å².